The predicted octanol–water partition coefficient (Wildman–Crippen LogP) is 10.1. The van der Waals surface area contributed by atoms with Crippen LogP contribution >= 0.6 is 0 Å². The first-order valence-electron chi connectivity index (χ1n) is 14.4. The van der Waals surface area contributed by atoms with Crippen molar-refractivity contribution in [3.8, 4) is 0 Å². The van der Waals surface area contributed by atoms with Crippen molar-refractivity contribution >= 4 is 0 Å². The number of halogens is 2. The molecule has 0 radical (unpaired) electrons. The van der Waals surface area contributed by atoms with Crippen LogP contribution in [0.2, 0.25) is 0 Å². The van der Waals surface area contributed by atoms with Gasteiger partial charge in [-0.1, -0.05) is 66.8 Å². The maximum atomic E-state index is 14.8. The summed E-state index contributed by atoms with van der Waals surface area (Å²) in [6.45, 7) is 5.92. The second kappa shape index (κ2) is 13.5. The molecule has 0 unspecified atom stereocenters. The second-order valence-electron chi connectivity index (χ2n) is 11.2. The Morgan fingerprint density at radius 1 is 0.838 bits per heavy atom. The van der Waals surface area contributed by atoms with Crippen LogP contribution in [0.4, 0.5) is 8.78 Å². The van der Waals surface area contributed by atoms with Gasteiger partial charge >= 0.3 is 6.11 Å². The summed E-state index contributed by atoms with van der Waals surface area (Å²) in [7, 11) is 0. The van der Waals surface area contributed by atoms with Crippen LogP contribution in [0.5, 0.6) is 0 Å². The van der Waals surface area contributed by atoms with Gasteiger partial charge in [0.25, 0.3) is 0 Å². The average molecular weight is 507 g/mol. The first-order valence-corrected chi connectivity index (χ1v) is 14.4. The van der Waals surface area contributed by atoms with Gasteiger partial charge in [-0.25, -0.2) is 0 Å². The second-order valence-corrected chi connectivity index (χ2v) is 11.2. The first kappa shape index (κ1) is 27.8. The first-order chi connectivity index (χ1) is 18.0. The summed E-state index contributed by atoms with van der Waals surface area (Å²) >= 11 is 0. The molecule has 37 heavy (non-hydrogen) atoms. The highest BCUT2D eigenvalue weighted by Crippen LogP contribution is 2.39. The van der Waals surface area contributed by atoms with E-state index in [-0.39, 0.29) is 12.2 Å². The van der Waals surface area contributed by atoms with Crippen molar-refractivity contribution in [2.45, 2.75) is 95.5 Å². The minimum atomic E-state index is -3.27. The van der Waals surface area contributed by atoms with Crippen LogP contribution in [-0.2, 0) is 17.3 Å². The normalized spacial score (nSPS) is 24.8. The topological polar surface area (TPSA) is 9.23 Å². The molecule has 0 saturated heterocycles. The summed E-state index contributed by atoms with van der Waals surface area (Å²) < 4.78 is 34.6. The number of allylic oxidation sites excluding steroid dienone is 3. The SMILES string of the molecule is C=CCCC1CCC(c2ccc(C(F)(F)OCCc3ccc(C4CCC(C=CC)CC4)cc3)cc2)CC1. The number of hydrogen-bond acceptors (Lipinski definition) is 1. The molecule has 0 aromatic heterocycles. The van der Waals surface area contributed by atoms with E-state index in [1.807, 2.05) is 18.2 Å². The summed E-state index contributed by atoms with van der Waals surface area (Å²) in [5.41, 5.74) is 3.54. The zero-order valence-corrected chi connectivity index (χ0v) is 22.5. The fourth-order valence-corrected chi connectivity index (χ4v) is 6.34. The molecule has 0 N–H and O–H groups in total. The van der Waals surface area contributed by atoms with Gasteiger partial charge in [0, 0.05) is 0 Å². The van der Waals surface area contributed by atoms with Crippen LogP contribution in [0.3, 0.4) is 0 Å². The van der Waals surface area contributed by atoms with E-state index in [1.165, 1.54) is 56.1 Å². The van der Waals surface area contributed by atoms with Crippen molar-refractivity contribution in [3.63, 3.8) is 0 Å². The number of alkyl halides is 2. The highest BCUT2D eigenvalue weighted by Gasteiger charge is 2.33. The molecule has 2 aromatic carbocycles. The third kappa shape index (κ3) is 7.87. The average Bonchev–Trinajstić information content (AvgIpc) is 2.93. The van der Waals surface area contributed by atoms with Crippen molar-refractivity contribution in [3.05, 3.63) is 95.6 Å². The lowest BCUT2D eigenvalue weighted by atomic mass is 9.77. The molecule has 0 amide bonds. The van der Waals surface area contributed by atoms with Crippen LogP contribution in [0.15, 0.2) is 73.3 Å². The summed E-state index contributed by atoms with van der Waals surface area (Å²) in [5, 5.41) is 0. The monoisotopic (exact) mass is 506 g/mol. The smallest absolute Gasteiger partial charge is 0.316 e. The van der Waals surface area contributed by atoms with E-state index in [2.05, 4.69) is 49.9 Å². The van der Waals surface area contributed by atoms with Gasteiger partial charge in [-0.15, -0.1) is 6.58 Å². The van der Waals surface area contributed by atoms with E-state index in [9.17, 15) is 8.78 Å². The molecule has 4 rings (SSSR count). The molecule has 0 heterocycles. The molecule has 0 spiro atoms. The Labute approximate surface area is 223 Å². The van der Waals surface area contributed by atoms with Gasteiger partial charge in [-0.2, -0.15) is 8.78 Å². The zero-order valence-electron chi connectivity index (χ0n) is 22.5. The minimum Gasteiger partial charge on any atom is -0.316 e. The summed E-state index contributed by atoms with van der Waals surface area (Å²) in [5.74, 6) is 2.61. The van der Waals surface area contributed by atoms with Crippen LogP contribution < -0.4 is 0 Å². The molecule has 2 aromatic rings. The Balaban J connectivity index is 1.22. The molecular weight excluding hydrogens is 462 g/mol. The van der Waals surface area contributed by atoms with E-state index in [0.29, 0.717) is 18.3 Å². The number of hydrogen-bond donors (Lipinski definition) is 0. The third-order valence-corrected chi connectivity index (χ3v) is 8.71. The van der Waals surface area contributed by atoms with E-state index >= 15 is 0 Å². The Morgan fingerprint density at radius 3 is 1.97 bits per heavy atom. The minimum absolute atomic E-state index is 0.00270. The van der Waals surface area contributed by atoms with Crippen molar-refractivity contribution in [2.75, 3.05) is 6.61 Å². The van der Waals surface area contributed by atoms with Crippen LogP contribution in [-0.4, -0.2) is 6.61 Å². The lowest BCUT2D eigenvalue weighted by Crippen LogP contribution is -2.20. The van der Waals surface area contributed by atoms with Gasteiger partial charge in [0.05, 0.1) is 12.2 Å². The predicted molar refractivity (Wildman–Crippen MR) is 150 cm³/mol. The number of rotatable bonds is 11. The van der Waals surface area contributed by atoms with Crippen LogP contribution in [0.25, 0.3) is 0 Å². The summed E-state index contributed by atoms with van der Waals surface area (Å²) in [4.78, 5) is 0. The molecule has 1 nitrogen and oxygen atoms in total. The van der Waals surface area contributed by atoms with Crippen molar-refractivity contribution in [2.24, 2.45) is 11.8 Å². The standard InChI is InChI=1S/C34H44F2O/c1-3-5-7-27-10-16-31(17-11-27)32-20-22-33(23-21-32)34(35,36)37-25-24-28-12-18-30(19-13-28)29-14-8-26(6-4-2)9-15-29/h3-4,6,12-13,18-23,26-27,29,31H,1,5,7-11,14-17,24-25H2,2H3. The third-order valence-electron chi connectivity index (χ3n) is 8.71. The van der Waals surface area contributed by atoms with Crippen molar-refractivity contribution in [1.82, 2.24) is 0 Å². The van der Waals surface area contributed by atoms with Crippen LogP contribution in [0, 0.1) is 11.8 Å². The Bertz CT molecular complexity index is 975. The Morgan fingerprint density at radius 2 is 1.41 bits per heavy atom. The van der Waals surface area contributed by atoms with E-state index in [4.69, 9.17) is 4.74 Å². The van der Waals surface area contributed by atoms with Gasteiger partial charge < -0.3 is 4.74 Å². The van der Waals surface area contributed by atoms with Crippen LogP contribution in [0.1, 0.15) is 105 Å². The molecule has 2 aliphatic carbocycles. The fourth-order valence-electron chi connectivity index (χ4n) is 6.34. The lowest BCUT2D eigenvalue weighted by Gasteiger charge is -2.29. The van der Waals surface area contributed by atoms with Crippen molar-refractivity contribution in [1.29, 1.82) is 0 Å². The molecular formula is C34H44F2O. The number of benzene rings is 2. The van der Waals surface area contributed by atoms with E-state index in [0.717, 1.165) is 36.7 Å². The summed E-state index contributed by atoms with van der Waals surface area (Å²) in [6, 6.07) is 15.4. The lowest BCUT2D eigenvalue weighted by molar-refractivity contribution is -0.248. The van der Waals surface area contributed by atoms with Gasteiger partial charge in [0.1, 0.15) is 0 Å². The molecule has 0 atom stereocenters. The maximum absolute atomic E-state index is 14.8. The largest absolute Gasteiger partial charge is 0.383 e. The molecule has 2 saturated carbocycles. The van der Waals surface area contributed by atoms with Gasteiger partial charge in [0.15, 0.2) is 0 Å². The molecule has 0 aliphatic heterocycles. The quantitative estimate of drug-likeness (QED) is 0.275. The molecule has 200 valence electrons. The van der Waals surface area contributed by atoms with Gasteiger partial charge in [-0.05, 0) is 118 Å². The Kier molecular flexibility index (Phi) is 10.1. The van der Waals surface area contributed by atoms with Crippen molar-refractivity contribution < 1.29 is 13.5 Å². The van der Waals surface area contributed by atoms with Gasteiger partial charge in [-0.3, -0.25) is 0 Å². The van der Waals surface area contributed by atoms with E-state index < -0.39 is 6.11 Å². The maximum Gasteiger partial charge on any atom is 0.383 e. The summed E-state index contributed by atoms with van der Waals surface area (Å²) in [6.07, 6.45) is 15.7. The number of ether oxygens (including phenoxy) is 1. The molecule has 2 aliphatic rings. The zero-order chi connectivity index (χ0) is 26.1. The molecule has 3 heteroatoms. The highest BCUT2D eigenvalue weighted by atomic mass is 19.3. The molecule has 0 bridgehead atoms. The molecule has 2 fully saturated rings. The highest BCUT2D eigenvalue weighted by molar-refractivity contribution is 5.28. The fraction of sp³-hybridized carbons (Fsp3) is 0.529. The van der Waals surface area contributed by atoms with Gasteiger partial charge in [0.2, 0.25) is 0 Å². The van der Waals surface area contributed by atoms with E-state index in [1.54, 1.807) is 12.1 Å². The Hall–Kier alpha value is -2.26.